The number of piperidine rings is 1. The number of likely N-dealkylation sites (tertiary alicyclic amines) is 1. The number of halogens is 2. The van der Waals surface area contributed by atoms with Crippen LogP contribution in [0.3, 0.4) is 0 Å². The van der Waals surface area contributed by atoms with Crippen LogP contribution in [0.5, 0.6) is 0 Å². The van der Waals surface area contributed by atoms with Gasteiger partial charge in [0.1, 0.15) is 5.92 Å². The Morgan fingerprint density at radius 3 is 2.51 bits per heavy atom. The number of hydrogen-bond donors (Lipinski definition) is 0. The molecule has 2 unspecified atom stereocenters. The fraction of sp³-hybridized carbons (Fsp3) is 0.500. The van der Waals surface area contributed by atoms with Crippen LogP contribution in [-0.2, 0) is 20.7 Å². The van der Waals surface area contributed by atoms with Crippen LogP contribution in [0.2, 0.25) is 10.0 Å². The molecule has 2 heterocycles. The van der Waals surface area contributed by atoms with Crippen molar-refractivity contribution in [3.8, 4) is 0 Å². The fourth-order valence-corrected chi connectivity index (χ4v) is 5.22. The topological polar surface area (TPSA) is 66.7 Å². The third-order valence-electron chi connectivity index (χ3n) is 7.06. The molecule has 2 atom stereocenters. The van der Waals surface area contributed by atoms with Gasteiger partial charge in [0.05, 0.1) is 41.6 Å². The second-order valence-electron chi connectivity index (χ2n) is 10.2. The highest BCUT2D eigenvalue weighted by Gasteiger charge is 2.39. The molecule has 1 saturated heterocycles. The van der Waals surface area contributed by atoms with Crippen LogP contribution < -0.4 is 0 Å². The predicted octanol–water partition coefficient (Wildman–Crippen LogP) is 5.70. The van der Waals surface area contributed by atoms with Crippen LogP contribution in [0.15, 0.2) is 58.5 Å². The first-order valence-corrected chi connectivity index (χ1v) is 14.5. The van der Waals surface area contributed by atoms with Gasteiger partial charge in [-0.2, -0.15) is 0 Å². The first-order valence-electron chi connectivity index (χ1n) is 13.7. The number of ether oxygens (including phenoxy) is 2. The molecule has 39 heavy (non-hydrogen) atoms. The zero-order valence-electron chi connectivity index (χ0n) is 22.8. The molecule has 0 bridgehead atoms. The summed E-state index contributed by atoms with van der Waals surface area (Å²) in [6.45, 7) is 4.20. The van der Waals surface area contributed by atoms with Gasteiger partial charge in [0.15, 0.2) is 0 Å². The predicted molar refractivity (Wildman–Crippen MR) is 158 cm³/mol. The maximum absolute atomic E-state index is 13.6. The normalized spacial score (nSPS) is 19.8. The van der Waals surface area contributed by atoms with Crippen LogP contribution >= 0.6 is 23.2 Å². The lowest BCUT2D eigenvalue weighted by atomic mass is 9.88. The fourth-order valence-electron chi connectivity index (χ4n) is 4.91. The van der Waals surface area contributed by atoms with E-state index in [1.807, 2.05) is 43.3 Å². The van der Waals surface area contributed by atoms with Gasteiger partial charge in [-0.05, 0) is 62.0 Å². The van der Waals surface area contributed by atoms with Gasteiger partial charge >= 0.3 is 5.97 Å². The van der Waals surface area contributed by atoms with Crippen molar-refractivity contribution in [1.29, 1.82) is 0 Å². The minimum Gasteiger partial charge on any atom is -0.465 e. The number of hydrogen-bond acceptors (Lipinski definition) is 7. The Labute approximate surface area is 241 Å². The van der Waals surface area contributed by atoms with E-state index in [0.29, 0.717) is 34.9 Å². The van der Waals surface area contributed by atoms with E-state index in [-0.39, 0.29) is 12.6 Å². The average molecular weight is 574 g/mol. The molecular formula is C30H38Cl2N4O3. The van der Waals surface area contributed by atoms with E-state index >= 15 is 0 Å². The standard InChI is InChI=1S/C30H38Cl2N4O3/c1-35(2)30-33-26(21-38-19-17-36-15-7-4-8-16-36)27(28(34-30)23-13-14-24(31)25(32)20-23)29(37)39-18-9-12-22-10-5-3-6-11-22/h3,5-6,10-11,13-14,20,27-28H,4,7-9,12,15-19,21H2,1-2H3. The first kappa shape index (κ1) is 29.5. The SMILES string of the molecule is CN(C)C1=NC(c2ccc(Cl)c(Cl)c2)C(C(=O)OCCCc2ccccc2)C(COCCN2CCCCC2)=N1. The second kappa shape index (κ2) is 14.8. The number of carbonyl (C=O) groups is 1. The summed E-state index contributed by atoms with van der Waals surface area (Å²) in [5.74, 6) is -0.564. The van der Waals surface area contributed by atoms with Crippen LogP contribution in [0.25, 0.3) is 0 Å². The molecule has 1 fully saturated rings. The molecule has 0 spiro atoms. The molecule has 7 nitrogen and oxygen atoms in total. The molecule has 2 aliphatic heterocycles. The Hall–Kier alpha value is -2.45. The molecule has 0 saturated carbocycles. The summed E-state index contributed by atoms with van der Waals surface area (Å²) in [5.41, 5.74) is 2.59. The van der Waals surface area contributed by atoms with Gasteiger partial charge in [-0.15, -0.1) is 0 Å². The quantitative estimate of drug-likeness (QED) is 0.255. The number of benzene rings is 2. The zero-order valence-corrected chi connectivity index (χ0v) is 24.3. The molecule has 0 radical (unpaired) electrons. The van der Waals surface area contributed by atoms with Crippen molar-refractivity contribution in [1.82, 2.24) is 9.80 Å². The molecule has 2 aromatic carbocycles. The summed E-state index contributed by atoms with van der Waals surface area (Å²) in [5, 5.41) is 0.857. The van der Waals surface area contributed by atoms with Gasteiger partial charge in [0, 0.05) is 20.6 Å². The summed E-state index contributed by atoms with van der Waals surface area (Å²) >= 11 is 12.6. The van der Waals surface area contributed by atoms with Crippen molar-refractivity contribution in [3.63, 3.8) is 0 Å². The minimum absolute atomic E-state index is 0.225. The molecular weight excluding hydrogens is 535 g/mol. The number of nitrogens with zero attached hydrogens (tertiary/aromatic N) is 4. The summed E-state index contributed by atoms with van der Waals surface area (Å²) in [7, 11) is 3.76. The summed E-state index contributed by atoms with van der Waals surface area (Å²) in [6, 6.07) is 15.0. The third-order valence-corrected chi connectivity index (χ3v) is 7.80. The third kappa shape index (κ3) is 8.52. The van der Waals surface area contributed by atoms with E-state index in [9.17, 15) is 4.79 Å². The molecule has 0 amide bonds. The average Bonchev–Trinajstić information content (AvgIpc) is 2.95. The van der Waals surface area contributed by atoms with Gasteiger partial charge in [0.2, 0.25) is 5.96 Å². The first-order chi connectivity index (χ1) is 18.9. The summed E-state index contributed by atoms with van der Waals surface area (Å²) < 4.78 is 11.9. The zero-order chi connectivity index (χ0) is 27.6. The van der Waals surface area contributed by atoms with Crippen molar-refractivity contribution in [2.45, 2.75) is 38.1 Å². The van der Waals surface area contributed by atoms with Crippen molar-refractivity contribution in [2.75, 3.05) is 53.6 Å². The maximum Gasteiger partial charge on any atom is 0.317 e. The van der Waals surface area contributed by atoms with Gasteiger partial charge < -0.3 is 19.3 Å². The largest absolute Gasteiger partial charge is 0.465 e. The smallest absolute Gasteiger partial charge is 0.317 e. The molecule has 0 N–H and O–H groups in total. The Balaban J connectivity index is 1.49. The monoisotopic (exact) mass is 572 g/mol. The molecule has 2 aromatic rings. The Kier molecular flexibility index (Phi) is 11.2. The van der Waals surface area contributed by atoms with E-state index in [2.05, 4.69) is 17.0 Å². The van der Waals surface area contributed by atoms with Crippen LogP contribution in [0.4, 0.5) is 0 Å². The van der Waals surface area contributed by atoms with Crippen molar-refractivity contribution >= 4 is 40.8 Å². The highest BCUT2D eigenvalue weighted by Crippen LogP contribution is 2.35. The number of esters is 1. The number of carbonyl (C=O) groups excluding carboxylic acids is 1. The Morgan fingerprint density at radius 1 is 1.03 bits per heavy atom. The molecule has 9 heteroatoms. The Morgan fingerprint density at radius 2 is 1.79 bits per heavy atom. The molecule has 2 aliphatic rings. The van der Waals surface area contributed by atoms with Crippen molar-refractivity contribution in [3.05, 3.63) is 69.7 Å². The lowest BCUT2D eigenvalue weighted by Gasteiger charge is -2.30. The van der Waals surface area contributed by atoms with Crippen LogP contribution in [-0.4, -0.2) is 81.0 Å². The number of aliphatic imine (C=N–C) groups is 2. The number of rotatable bonds is 11. The minimum atomic E-state index is -0.724. The van der Waals surface area contributed by atoms with Crippen molar-refractivity contribution < 1.29 is 14.3 Å². The van der Waals surface area contributed by atoms with Crippen molar-refractivity contribution in [2.24, 2.45) is 15.9 Å². The molecule has 0 aromatic heterocycles. The molecule has 210 valence electrons. The van der Waals surface area contributed by atoms with E-state index in [1.54, 1.807) is 12.1 Å². The number of aryl methyl sites for hydroxylation is 1. The highest BCUT2D eigenvalue weighted by molar-refractivity contribution is 6.42. The number of guanidine groups is 1. The summed E-state index contributed by atoms with van der Waals surface area (Å²) in [4.78, 5) is 27.5. The van der Waals surface area contributed by atoms with E-state index in [0.717, 1.165) is 38.0 Å². The van der Waals surface area contributed by atoms with Crippen LogP contribution in [0.1, 0.15) is 42.9 Å². The molecule has 4 rings (SSSR count). The summed E-state index contributed by atoms with van der Waals surface area (Å²) in [6.07, 6.45) is 5.33. The lowest BCUT2D eigenvalue weighted by Crippen LogP contribution is -2.40. The van der Waals surface area contributed by atoms with E-state index < -0.39 is 12.0 Å². The lowest BCUT2D eigenvalue weighted by molar-refractivity contribution is -0.147. The maximum atomic E-state index is 13.6. The molecule has 0 aliphatic carbocycles. The van der Waals surface area contributed by atoms with Gasteiger partial charge in [-0.1, -0.05) is 66.0 Å². The van der Waals surface area contributed by atoms with E-state index in [1.165, 1.54) is 24.8 Å². The van der Waals surface area contributed by atoms with E-state index in [4.69, 9.17) is 42.7 Å². The van der Waals surface area contributed by atoms with Crippen LogP contribution in [0, 0.1) is 5.92 Å². The Bertz CT molecular complexity index is 1150. The van der Waals surface area contributed by atoms with Gasteiger partial charge in [0.25, 0.3) is 0 Å². The highest BCUT2D eigenvalue weighted by atomic mass is 35.5. The second-order valence-corrected chi connectivity index (χ2v) is 11.0. The van der Waals surface area contributed by atoms with Gasteiger partial charge in [-0.3, -0.25) is 4.79 Å². The van der Waals surface area contributed by atoms with Gasteiger partial charge in [-0.25, -0.2) is 9.98 Å².